The lowest BCUT2D eigenvalue weighted by molar-refractivity contribution is -0.131. The summed E-state index contributed by atoms with van der Waals surface area (Å²) in [7, 11) is 1.57. The highest BCUT2D eigenvalue weighted by molar-refractivity contribution is 6.07. The maximum atomic E-state index is 12.6. The van der Waals surface area contributed by atoms with Crippen LogP contribution in [0.5, 0.6) is 5.75 Å². The van der Waals surface area contributed by atoms with Crippen LogP contribution in [0.25, 0.3) is 0 Å². The van der Waals surface area contributed by atoms with Crippen molar-refractivity contribution in [3.63, 3.8) is 0 Å². The minimum Gasteiger partial charge on any atom is -0.497 e. The minimum atomic E-state index is -1.06. The molecule has 0 aliphatic carbocycles. The number of imide groups is 1. The summed E-state index contributed by atoms with van der Waals surface area (Å²) in [4.78, 5) is 25.8. The number of rotatable bonds is 5. The number of hydrogen-bond acceptors (Lipinski definition) is 4. The number of hydrogen-bond donors (Lipinski definition) is 1. The molecule has 6 nitrogen and oxygen atoms in total. The lowest BCUT2D eigenvalue weighted by Crippen LogP contribution is -2.43. The molecule has 0 unspecified atom stereocenters. The van der Waals surface area contributed by atoms with Gasteiger partial charge in [0.15, 0.2) is 0 Å². The molecular weight excluding hydrogens is 270 g/mol. The molecule has 21 heavy (non-hydrogen) atoms. The molecule has 0 aromatic heterocycles. The fourth-order valence-electron chi connectivity index (χ4n) is 2.51. The normalized spacial score (nSPS) is 21.1. The Kier molecular flexibility index (Phi) is 4.13. The average molecular weight is 287 g/mol. The summed E-state index contributed by atoms with van der Waals surface area (Å²) in [6.07, 6.45) is 0.564. The Morgan fingerprint density at radius 3 is 2.52 bits per heavy atom. The van der Waals surface area contributed by atoms with E-state index >= 15 is 0 Å². The number of nitrogens with zero attached hydrogens (tertiary/aromatic N) is 2. The lowest BCUT2D eigenvalue weighted by Gasteiger charge is -2.25. The fraction of sp³-hybridized carbons (Fsp3) is 0.400. The molecule has 1 aromatic carbocycles. The molecule has 1 fully saturated rings. The summed E-state index contributed by atoms with van der Waals surface area (Å²) in [5.41, 5.74) is -0.345. The highest BCUT2D eigenvalue weighted by atomic mass is 16.5. The van der Waals surface area contributed by atoms with Crippen LogP contribution in [0.4, 0.5) is 4.79 Å². The predicted molar refractivity (Wildman–Crippen MR) is 75.4 cm³/mol. The molecule has 0 saturated carbocycles. The SMILES string of the molecule is CC[C@@]1(c2ccc(OC)cc2)NC(=O)N(CCC#N)C1=O. The Morgan fingerprint density at radius 2 is 2.00 bits per heavy atom. The van der Waals surface area contributed by atoms with Gasteiger partial charge in [0.25, 0.3) is 5.91 Å². The Morgan fingerprint density at radius 1 is 1.33 bits per heavy atom. The molecule has 1 saturated heterocycles. The first-order valence-corrected chi connectivity index (χ1v) is 6.74. The van der Waals surface area contributed by atoms with Crippen molar-refractivity contribution in [1.29, 1.82) is 5.26 Å². The fourth-order valence-corrected chi connectivity index (χ4v) is 2.51. The van der Waals surface area contributed by atoms with Crippen LogP contribution in [0, 0.1) is 11.3 Å². The van der Waals surface area contributed by atoms with Crippen molar-refractivity contribution in [3.05, 3.63) is 29.8 Å². The zero-order valence-corrected chi connectivity index (χ0v) is 12.0. The second-order valence-electron chi connectivity index (χ2n) is 4.78. The van der Waals surface area contributed by atoms with E-state index in [1.54, 1.807) is 31.4 Å². The van der Waals surface area contributed by atoms with Crippen molar-refractivity contribution in [3.8, 4) is 11.8 Å². The van der Waals surface area contributed by atoms with Crippen molar-refractivity contribution in [2.75, 3.05) is 13.7 Å². The van der Waals surface area contributed by atoms with Crippen molar-refractivity contribution in [2.24, 2.45) is 0 Å². The predicted octanol–water partition coefficient (Wildman–Crippen LogP) is 1.77. The van der Waals surface area contributed by atoms with E-state index in [4.69, 9.17) is 10.00 Å². The van der Waals surface area contributed by atoms with Gasteiger partial charge in [-0.2, -0.15) is 5.26 Å². The first-order valence-electron chi connectivity index (χ1n) is 6.74. The van der Waals surface area contributed by atoms with Gasteiger partial charge in [0.2, 0.25) is 0 Å². The maximum Gasteiger partial charge on any atom is 0.325 e. The first kappa shape index (κ1) is 14.9. The monoisotopic (exact) mass is 287 g/mol. The number of nitrogens with one attached hydrogen (secondary N) is 1. The molecule has 0 radical (unpaired) electrons. The minimum absolute atomic E-state index is 0.110. The third-order valence-electron chi connectivity index (χ3n) is 3.74. The first-order chi connectivity index (χ1) is 10.1. The van der Waals surface area contributed by atoms with E-state index in [2.05, 4.69) is 5.32 Å². The van der Waals surface area contributed by atoms with Crippen LogP contribution >= 0.6 is 0 Å². The number of benzene rings is 1. The molecule has 0 bridgehead atoms. The van der Waals surface area contributed by atoms with Crippen LogP contribution in [0.2, 0.25) is 0 Å². The summed E-state index contributed by atoms with van der Waals surface area (Å²) in [5.74, 6) is 0.374. The Balaban J connectivity index is 2.35. The van der Waals surface area contributed by atoms with Gasteiger partial charge in [-0.15, -0.1) is 0 Å². The highest BCUT2D eigenvalue weighted by Gasteiger charge is 2.50. The van der Waals surface area contributed by atoms with E-state index in [1.807, 2.05) is 13.0 Å². The van der Waals surface area contributed by atoms with Gasteiger partial charge in [0, 0.05) is 6.54 Å². The van der Waals surface area contributed by atoms with Gasteiger partial charge in [-0.1, -0.05) is 19.1 Å². The summed E-state index contributed by atoms with van der Waals surface area (Å²) < 4.78 is 5.10. The average Bonchev–Trinajstić information content (AvgIpc) is 2.77. The zero-order chi connectivity index (χ0) is 15.5. The summed E-state index contributed by atoms with van der Waals surface area (Å²) in [5, 5.41) is 11.4. The van der Waals surface area contributed by atoms with Gasteiger partial charge in [0.05, 0.1) is 19.6 Å². The van der Waals surface area contributed by atoms with Crippen LogP contribution in [0.1, 0.15) is 25.3 Å². The second-order valence-corrected chi connectivity index (χ2v) is 4.78. The molecule has 3 amide bonds. The highest BCUT2D eigenvalue weighted by Crippen LogP contribution is 2.33. The van der Waals surface area contributed by atoms with E-state index in [9.17, 15) is 9.59 Å². The molecule has 110 valence electrons. The van der Waals surface area contributed by atoms with E-state index in [0.29, 0.717) is 17.7 Å². The molecule has 2 rings (SSSR count). The topological polar surface area (TPSA) is 82.4 Å². The molecule has 1 aliphatic rings. The third-order valence-corrected chi connectivity index (χ3v) is 3.74. The lowest BCUT2D eigenvalue weighted by atomic mass is 9.87. The van der Waals surface area contributed by atoms with E-state index in [0.717, 1.165) is 4.90 Å². The Hall–Kier alpha value is -2.55. The molecule has 1 aliphatic heterocycles. The van der Waals surface area contributed by atoms with Crippen LogP contribution in [-0.2, 0) is 10.3 Å². The van der Waals surface area contributed by atoms with Gasteiger partial charge >= 0.3 is 6.03 Å². The Labute approximate surface area is 123 Å². The van der Waals surface area contributed by atoms with Crippen molar-refractivity contribution in [2.45, 2.75) is 25.3 Å². The standard InChI is InChI=1S/C15H17N3O3/c1-3-15(11-5-7-12(21-2)8-6-11)13(19)18(10-4-9-16)14(20)17-15/h5-8H,3-4,10H2,1-2H3,(H,17,20)/t15-/m0/s1. The van der Waals surface area contributed by atoms with Crippen molar-refractivity contribution in [1.82, 2.24) is 10.2 Å². The van der Waals surface area contributed by atoms with E-state index < -0.39 is 11.6 Å². The van der Waals surface area contributed by atoms with Crippen LogP contribution in [-0.4, -0.2) is 30.5 Å². The van der Waals surface area contributed by atoms with E-state index in [1.165, 1.54) is 0 Å². The summed E-state index contributed by atoms with van der Waals surface area (Å²) in [6.45, 7) is 1.95. The van der Waals surface area contributed by atoms with Gasteiger partial charge < -0.3 is 10.1 Å². The number of carbonyl (C=O) groups excluding carboxylic acids is 2. The summed E-state index contributed by atoms with van der Waals surface area (Å²) >= 11 is 0. The number of ether oxygens (including phenoxy) is 1. The van der Waals surface area contributed by atoms with Crippen LogP contribution in [0.3, 0.4) is 0 Å². The zero-order valence-electron chi connectivity index (χ0n) is 12.0. The molecule has 1 heterocycles. The number of amides is 3. The largest absolute Gasteiger partial charge is 0.497 e. The van der Waals surface area contributed by atoms with Gasteiger partial charge in [0.1, 0.15) is 11.3 Å². The Bertz CT molecular complexity index is 591. The molecule has 0 spiro atoms. The van der Waals surface area contributed by atoms with E-state index in [-0.39, 0.29) is 18.9 Å². The summed E-state index contributed by atoms with van der Waals surface area (Å²) in [6, 6.07) is 8.55. The third kappa shape index (κ3) is 2.42. The second kappa shape index (κ2) is 5.83. The van der Waals surface area contributed by atoms with Crippen molar-refractivity contribution >= 4 is 11.9 Å². The van der Waals surface area contributed by atoms with Crippen LogP contribution in [0.15, 0.2) is 24.3 Å². The molecule has 6 heteroatoms. The molecular formula is C15H17N3O3. The van der Waals surface area contributed by atoms with Gasteiger partial charge in [-0.25, -0.2) is 4.79 Å². The molecule has 1 atom stereocenters. The van der Waals surface area contributed by atoms with Gasteiger partial charge in [-0.3, -0.25) is 9.69 Å². The number of methoxy groups -OCH3 is 1. The quantitative estimate of drug-likeness (QED) is 0.837. The number of nitriles is 1. The molecule has 1 N–H and O–H groups in total. The number of carbonyl (C=O) groups is 2. The smallest absolute Gasteiger partial charge is 0.325 e. The molecule has 1 aromatic rings. The van der Waals surface area contributed by atoms with Gasteiger partial charge in [-0.05, 0) is 24.1 Å². The number of urea groups is 1. The maximum absolute atomic E-state index is 12.6. The van der Waals surface area contributed by atoms with Crippen molar-refractivity contribution < 1.29 is 14.3 Å². The van der Waals surface area contributed by atoms with Crippen LogP contribution < -0.4 is 10.1 Å².